The quantitative estimate of drug-likeness (QED) is 0.350. The average molecular weight is 477 g/mol. The molecule has 25 heavy (non-hydrogen) atoms. The number of halogens is 4. The van der Waals surface area contributed by atoms with Gasteiger partial charge in [-0.1, -0.05) is 6.92 Å². The summed E-state index contributed by atoms with van der Waals surface area (Å²) in [6.07, 6.45) is 0.187. The third-order valence-corrected chi connectivity index (χ3v) is 4.87. The Hall–Kier alpha value is -0.290. The highest BCUT2D eigenvalue weighted by molar-refractivity contribution is 14.0. The van der Waals surface area contributed by atoms with Gasteiger partial charge in [0.1, 0.15) is 0 Å². The molecule has 5 nitrogen and oxygen atoms in total. The molecule has 2 aliphatic heterocycles. The van der Waals surface area contributed by atoms with Crippen molar-refractivity contribution in [3.05, 3.63) is 0 Å². The maximum Gasteiger partial charge on any atom is 0.401 e. The Morgan fingerprint density at radius 2 is 1.92 bits per heavy atom. The number of nitrogens with one attached hydrogen (secondary N) is 2. The minimum absolute atomic E-state index is 0. The van der Waals surface area contributed by atoms with Gasteiger partial charge in [0.2, 0.25) is 0 Å². The van der Waals surface area contributed by atoms with E-state index in [1.807, 2.05) is 0 Å². The third kappa shape index (κ3) is 7.86. The first-order chi connectivity index (χ1) is 11.4. The Morgan fingerprint density at radius 3 is 2.48 bits per heavy atom. The molecule has 2 heterocycles. The molecule has 0 radical (unpaired) electrons. The SMILES string of the molecule is CCC(CNC(=NC)NC1CCN(CC(F)(F)F)C1)N1CCCC1.I. The molecule has 2 fully saturated rings. The first-order valence-electron chi connectivity index (χ1n) is 8.91. The van der Waals surface area contributed by atoms with Crippen molar-refractivity contribution in [3.63, 3.8) is 0 Å². The molecule has 0 saturated carbocycles. The molecule has 9 heteroatoms. The van der Waals surface area contributed by atoms with E-state index in [1.165, 1.54) is 17.7 Å². The lowest BCUT2D eigenvalue weighted by Gasteiger charge is -2.28. The lowest BCUT2D eigenvalue weighted by Crippen LogP contribution is -2.49. The molecule has 0 bridgehead atoms. The maximum absolute atomic E-state index is 12.5. The van der Waals surface area contributed by atoms with E-state index in [1.54, 1.807) is 7.05 Å². The normalized spacial score (nSPS) is 24.2. The number of likely N-dealkylation sites (tertiary alicyclic amines) is 2. The number of nitrogens with zero attached hydrogens (tertiary/aromatic N) is 3. The Labute approximate surface area is 165 Å². The van der Waals surface area contributed by atoms with Gasteiger partial charge in [0.15, 0.2) is 5.96 Å². The molecule has 0 aromatic carbocycles. The van der Waals surface area contributed by atoms with Crippen LogP contribution in [0, 0.1) is 0 Å². The van der Waals surface area contributed by atoms with Crippen molar-refractivity contribution in [1.29, 1.82) is 0 Å². The number of alkyl halides is 3. The number of aliphatic imine (C=N–C) groups is 1. The van der Waals surface area contributed by atoms with Gasteiger partial charge in [-0.15, -0.1) is 24.0 Å². The van der Waals surface area contributed by atoms with Gasteiger partial charge >= 0.3 is 6.18 Å². The van der Waals surface area contributed by atoms with Crippen molar-refractivity contribution in [2.45, 2.75) is 50.9 Å². The zero-order valence-corrected chi connectivity index (χ0v) is 17.4. The van der Waals surface area contributed by atoms with Gasteiger partial charge in [-0.25, -0.2) is 0 Å². The van der Waals surface area contributed by atoms with Gasteiger partial charge in [0.25, 0.3) is 0 Å². The Bertz CT molecular complexity index is 413. The predicted octanol–water partition coefficient (Wildman–Crippen LogP) is 2.28. The fourth-order valence-electron chi connectivity index (χ4n) is 3.59. The predicted molar refractivity (Wildman–Crippen MR) is 106 cm³/mol. The number of hydrogen-bond donors (Lipinski definition) is 2. The molecular formula is C16H31F3IN5. The number of guanidine groups is 1. The van der Waals surface area contributed by atoms with Crippen LogP contribution in [-0.2, 0) is 0 Å². The van der Waals surface area contributed by atoms with Crippen molar-refractivity contribution in [2.24, 2.45) is 4.99 Å². The van der Waals surface area contributed by atoms with E-state index in [-0.39, 0.29) is 30.0 Å². The van der Waals surface area contributed by atoms with Crippen molar-refractivity contribution < 1.29 is 13.2 Å². The van der Waals surface area contributed by atoms with E-state index in [0.717, 1.165) is 26.1 Å². The molecule has 2 unspecified atom stereocenters. The van der Waals surface area contributed by atoms with E-state index in [2.05, 4.69) is 27.4 Å². The lowest BCUT2D eigenvalue weighted by molar-refractivity contribution is -0.143. The molecule has 0 spiro atoms. The molecule has 2 saturated heterocycles. The van der Waals surface area contributed by atoms with E-state index in [4.69, 9.17) is 0 Å². The van der Waals surface area contributed by atoms with E-state index >= 15 is 0 Å². The maximum atomic E-state index is 12.5. The highest BCUT2D eigenvalue weighted by Gasteiger charge is 2.34. The summed E-state index contributed by atoms with van der Waals surface area (Å²) in [6.45, 7) is 5.36. The highest BCUT2D eigenvalue weighted by atomic mass is 127. The molecule has 0 amide bonds. The second-order valence-electron chi connectivity index (χ2n) is 6.74. The summed E-state index contributed by atoms with van der Waals surface area (Å²) in [6, 6.07) is 0.502. The smallest absolute Gasteiger partial charge is 0.355 e. The molecule has 0 aliphatic carbocycles. The summed E-state index contributed by atoms with van der Waals surface area (Å²) in [4.78, 5) is 8.17. The first kappa shape index (κ1) is 22.8. The molecular weight excluding hydrogens is 446 g/mol. The molecule has 148 valence electrons. The highest BCUT2D eigenvalue weighted by Crippen LogP contribution is 2.20. The van der Waals surface area contributed by atoms with Crippen LogP contribution in [0.15, 0.2) is 4.99 Å². The summed E-state index contributed by atoms with van der Waals surface area (Å²) < 4.78 is 37.4. The van der Waals surface area contributed by atoms with Crippen molar-refractivity contribution in [1.82, 2.24) is 20.4 Å². The monoisotopic (exact) mass is 477 g/mol. The van der Waals surface area contributed by atoms with Crippen LogP contribution in [-0.4, -0.2) is 80.3 Å². The van der Waals surface area contributed by atoms with Gasteiger partial charge in [0.05, 0.1) is 6.54 Å². The van der Waals surface area contributed by atoms with Crippen LogP contribution >= 0.6 is 24.0 Å². The van der Waals surface area contributed by atoms with Crippen molar-refractivity contribution in [2.75, 3.05) is 46.3 Å². The number of hydrogen-bond acceptors (Lipinski definition) is 3. The summed E-state index contributed by atoms with van der Waals surface area (Å²) >= 11 is 0. The Morgan fingerprint density at radius 1 is 1.24 bits per heavy atom. The van der Waals surface area contributed by atoms with Crippen LogP contribution in [0.25, 0.3) is 0 Å². The van der Waals surface area contributed by atoms with Crippen LogP contribution in [0.3, 0.4) is 0 Å². The van der Waals surface area contributed by atoms with E-state index < -0.39 is 12.7 Å². The minimum atomic E-state index is -4.13. The summed E-state index contributed by atoms with van der Waals surface area (Å²) in [5.41, 5.74) is 0. The topological polar surface area (TPSA) is 42.9 Å². The van der Waals surface area contributed by atoms with Gasteiger partial charge in [0, 0.05) is 38.8 Å². The van der Waals surface area contributed by atoms with E-state index in [0.29, 0.717) is 31.5 Å². The molecule has 0 aromatic heterocycles. The zero-order chi connectivity index (χ0) is 17.6. The van der Waals surface area contributed by atoms with Crippen LogP contribution < -0.4 is 10.6 Å². The summed E-state index contributed by atoms with van der Waals surface area (Å²) in [5, 5.41) is 6.61. The van der Waals surface area contributed by atoms with Crippen molar-refractivity contribution >= 4 is 29.9 Å². The summed E-state index contributed by atoms with van der Waals surface area (Å²) in [7, 11) is 1.70. The molecule has 2 rings (SSSR count). The van der Waals surface area contributed by atoms with Gasteiger partial charge in [-0.2, -0.15) is 13.2 Å². The standard InChI is InChI=1S/C16H30F3N5.HI/c1-3-14(24-7-4-5-8-24)10-21-15(20-2)22-13-6-9-23(11-13)12-16(17,18)19;/h13-14H,3-12H2,1-2H3,(H2,20,21,22);1H. The molecule has 2 atom stereocenters. The summed E-state index contributed by atoms with van der Waals surface area (Å²) in [5.74, 6) is 0.687. The van der Waals surface area contributed by atoms with Crippen LogP contribution in [0.1, 0.15) is 32.6 Å². The van der Waals surface area contributed by atoms with Gasteiger partial charge in [-0.3, -0.25) is 14.8 Å². The Kier molecular flexibility index (Phi) is 9.79. The van der Waals surface area contributed by atoms with Gasteiger partial charge < -0.3 is 10.6 Å². The zero-order valence-electron chi connectivity index (χ0n) is 15.1. The lowest BCUT2D eigenvalue weighted by atomic mass is 10.2. The van der Waals surface area contributed by atoms with Gasteiger partial charge in [-0.05, 0) is 38.8 Å². The second-order valence-corrected chi connectivity index (χ2v) is 6.74. The second kappa shape index (κ2) is 10.8. The van der Waals surface area contributed by atoms with E-state index in [9.17, 15) is 13.2 Å². The molecule has 2 aliphatic rings. The number of rotatable bonds is 6. The fraction of sp³-hybridized carbons (Fsp3) is 0.938. The third-order valence-electron chi connectivity index (χ3n) is 4.87. The van der Waals surface area contributed by atoms with Crippen LogP contribution in [0.2, 0.25) is 0 Å². The average Bonchev–Trinajstić information content (AvgIpc) is 3.17. The molecule has 2 N–H and O–H groups in total. The first-order valence-corrected chi connectivity index (χ1v) is 8.91. The Balaban J connectivity index is 0.00000312. The van der Waals surface area contributed by atoms with Crippen LogP contribution in [0.5, 0.6) is 0 Å². The fourth-order valence-corrected chi connectivity index (χ4v) is 3.59. The minimum Gasteiger partial charge on any atom is -0.355 e. The van der Waals surface area contributed by atoms with Crippen LogP contribution in [0.4, 0.5) is 13.2 Å². The van der Waals surface area contributed by atoms with Crippen molar-refractivity contribution in [3.8, 4) is 0 Å². The largest absolute Gasteiger partial charge is 0.401 e. The molecule has 0 aromatic rings.